The lowest BCUT2D eigenvalue weighted by atomic mass is 10.0. The van der Waals surface area contributed by atoms with Gasteiger partial charge in [0.15, 0.2) is 0 Å². The van der Waals surface area contributed by atoms with Crippen molar-refractivity contribution in [3.8, 4) is 0 Å². The molecule has 0 amide bonds. The first-order valence-corrected chi connectivity index (χ1v) is 5.14. The quantitative estimate of drug-likeness (QED) is 0.526. The number of hydrogen-bond donors (Lipinski definition) is 1. The largest absolute Gasteiger partial charge is 0.466 e. The zero-order valence-corrected chi connectivity index (χ0v) is 9.19. The Morgan fingerprint density at radius 1 is 1.43 bits per heavy atom. The fourth-order valence-electron chi connectivity index (χ4n) is 1.15. The summed E-state index contributed by atoms with van der Waals surface area (Å²) in [5, 5.41) is 9.04. The summed E-state index contributed by atoms with van der Waals surface area (Å²) in [6, 6.07) is 0. The van der Waals surface area contributed by atoms with Crippen molar-refractivity contribution in [2.45, 2.75) is 39.7 Å². The molecular formula is C11H20O3. The number of carbonyl (C=O) groups excluding carboxylic acids is 1. The highest BCUT2D eigenvalue weighted by Crippen LogP contribution is 2.11. The summed E-state index contributed by atoms with van der Waals surface area (Å²) >= 11 is 0. The van der Waals surface area contributed by atoms with E-state index in [2.05, 4.69) is 0 Å². The lowest BCUT2D eigenvalue weighted by molar-refractivity contribution is -0.146. The smallest absolute Gasteiger partial charge is 0.312 e. The molecule has 0 rings (SSSR count). The van der Waals surface area contributed by atoms with Gasteiger partial charge in [-0.2, -0.15) is 0 Å². The van der Waals surface area contributed by atoms with E-state index in [9.17, 15) is 4.79 Å². The van der Waals surface area contributed by atoms with Gasteiger partial charge >= 0.3 is 5.97 Å². The van der Waals surface area contributed by atoms with Crippen molar-refractivity contribution >= 4 is 5.97 Å². The van der Waals surface area contributed by atoms with Crippen LogP contribution in [-0.4, -0.2) is 23.8 Å². The normalized spacial score (nSPS) is 15.4. The van der Waals surface area contributed by atoms with Gasteiger partial charge in [-0.05, 0) is 20.3 Å². The van der Waals surface area contributed by atoms with Crippen LogP contribution in [0.1, 0.15) is 33.6 Å². The lowest BCUT2D eigenvalue weighted by Crippen LogP contribution is -2.16. The van der Waals surface area contributed by atoms with Gasteiger partial charge in [0, 0.05) is 0 Å². The minimum Gasteiger partial charge on any atom is -0.466 e. The summed E-state index contributed by atoms with van der Waals surface area (Å²) in [4.78, 5) is 11.4. The van der Waals surface area contributed by atoms with Crippen LogP contribution in [-0.2, 0) is 9.53 Å². The first kappa shape index (κ1) is 13.2. The maximum atomic E-state index is 11.4. The van der Waals surface area contributed by atoms with E-state index in [-0.39, 0.29) is 11.9 Å². The molecule has 3 nitrogen and oxygen atoms in total. The van der Waals surface area contributed by atoms with Gasteiger partial charge in [-0.25, -0.2) is 0 Å². The van der Waals surface area contributed by atoms with E-state index in [0.29, 0.717) is 6.61 Å². The lowest BCUT2D eigenvalue weighted by Gasteiger charge is -2.10. The van der Waals surface area contributed by atoms with Crippen molar-refractivity contribution in [1.82, 2.24) is 0 Å². The molecule has 0 spiro atoms. The molecule has 0 aliphatic heterocycles. The minimum absolute atomic E-state index is 0.203. The zero-order chi connectivity index (χ0) is 11.0. The number of aliphatic hydroxyl groups excluding tert-OH is 1. The number of rotatable bonds is 6. The Morgan fingerprint density at radius 3 is 2.50 bits per heavy atom. The molecule has 0 fully saturated rings. The Labute approximate surface area is 85.8 Å². The van der Waals surface area contributed by atoms with Crippen molar-refractivity contribution in [2.75, 3.05) is 6.61 Å². The molecule has 0 aromatic heterocycles. The molecule has 0 aromatic carbocycles. The van der Waals surface area contributed by atoms with E-state index < -0.39 is 6.10 Å². The highest BCUT2D eigenvalue weighted by molar-refractivity contribution is 5.74. The Balaban J connectivity index is 4.20. The van der Waals surface area contributed by atoms with Crippen LogP contribution in [0.2, 0.25) is 0 Å². The summed E-state index contributed by atoms with van der Waals surface area (Å²) in [6.45, 7) is 5.87. The number of carbonyl (C=O) groups is 1. The van der Waals surface area contributed by atoms with Crippen molar-refractivity contribution in [2.24, 2.45) is 5.92 Å². The number of aliphatic hydroxyl groups is 1. The Hall–Kier alpha value is -0.830. The van der Waals surface area contributed by atoms with Gasteiger partial charge in [0.05, 0.1) is 18.6 Å². The number of ether oxygens (including phenoxy) is 1. The third-order valence-electron chi connectivity index (χ3n) is 1.81. The second-order valence-electron chi connectivity index (χ2n) is 3.27. The maximum absolute atomic E-state index is 11.4. The summed E-state index contributed by atoms with van der Waals surface area (Å²) in [5.41, 5.74) is 0. The highest BCUT2D eigenvalue weighted by atomic mass is 16.5. The zero-order valence-electron chi connectivity index (χ0n) is 9.19. The maximum Gasteiger partial charge on any atom is 0.312 e. The second-order valence-corrected chi connectivity index (χ2v) is 3.27. The molecule has 0 radical (unpaired) electrons. The summed E-state index contributed by atoms with van der Waals surface area (Å²) in [7, 11) is 0. The summed E-state index contributed by atoms with van der Waals surface area (Å²) in [5.74, 6) is -0.416. The monoisotopic (exact) mass is 200 g/mol. The SMILES string of the molecule is CCC[C@H](/C=C/[C@@H](C)O)C(=O)OCC. The van der Waals surface area contributed by atoms with Crippen molar-refractivity contribution in [1.29, 1.82) is 0 Å². The van der Waals surface area contributed by atoms with Gasteiger partial charge in [-0.1, -0.05) is 25.5 Å². The summed E-state index contributed by atoms with van der Waals surface area (Å²) in [6.07, 6.45) is 4.53. The van der Waals surface area contributed by atoms with Crippen LogP contribution < -0.4 is 0 Å². The van der Waals surface area contributed by atoms with Gasteiger partial charge in [0.1, 0.15) is 0 Å². The standard InChI is InChI=1S/C11H20O3/c1-4-6-10(8-7-9(3)12)11(13)14-5-2/h7-10,12H,4-6H2,1-3H3/b8-7+/t9-,10-/m1/s1. The molecule has 0 bridgehead atoms. The molecule has 2 atom stereocenters. The topological polar surface area (TPSA) is 46.5 Å². The Kier molecular flexibility index (Phi) is 7.11. The molecule has 14 heavy (non-hydrogen) atoms. The van der Waals surface area contributed by atoms with Gasteiger partial charge in [0.2, 0.25) is 0 Å². The number of hydrogen-bond acceptors (Lipinski definition) is 3. The van der Waals surface area contributed by atoms with Crippen LogP contribution in [0.15, 0.2) is 12.2 Å². The highest BCUT2D eigenvalue weighted by Gasteiger charge is 2.15. The van der Waals surface area contributed by atoms with E-state index in [4.69, 9.17) is 9.84 Å². The molecule has 0 saturated heterocycles. The van der Waals surface area contributed by atoms with E-state index in [1.807, 2.05) is 6.92 Å². The van der Waals surface area contributed by atoms with Gasteiger partial charge in [0.25, 0.3) is 0 Å². The van der Waals surface area contributed by atoms with E-state index >= 15 is 0 Å². The molecule has 0 aliphatic carbocycles. The molecule has 82 valence electrons. The van der Waals surface area contributed by atoms with Gasteiger partial charge in [-0.3, -0.25) is 4.79 Å². The average Bonchev–Trinajstić information content (AvgIpc) is 2.12. The number of esters is 1. The molecule has 0 aromatic rings. The predicted octanol–water partition coefficient (Wildman–Crippen LogP) is 1.90. The molecule has 3 heteroatoms. The fraction of sp³-hybridized carbons (Fsp3) is 0.727. The van der Waals surface area contributed by atoms with Crippen molar-refractivity contribution in [3.05, 3.63) is 12.2 Å². The molecule has 0 aliphatic rings. The van der Waals surface area contributed by atoms with Crippen LogP contribution in [0.5, 0.6) is 0 Å². The first-order valence-electron chi connectivity index (χ1n) is 5.14. The van der Waals surface area contributed by atoms with Crippen LogP contribution in [0.4, 0.5) is 0 Å². The predicted molar refractivity (Wildman–Crippen MR) is 55.9 cm³/mol. The average molecular weight is 200 g/mol. The Morgan fingerprint density at radius 2 is 2.07 bits per heavy atom. The van der Waals surface area contributed by atoms with Crippen LogP contribution in [0.3, 0.4) is 0 Å². The van der Waals surface area contributed by atoms with E-state index in [1.165, 1.54) is 0 Å². The minimum atomic E-state index is -0.510. The molecule has 0 unspecified atom stereocenters. The van der Waals surface area contributed by atoms with E-state index in [0.717, 1.165) is 12.8 Å². The first-order chi connectivity index (χ1) is 6.61. The van der Waals surface area contributed by atoms with Crippen LogP contribution >= 0.6 is 0 Å². The Bertz CT molecular complexity index is 185. The van der Waals surface area contributed by atoms with Crippen molar-refractivity contribution < 1.29 is 14.6 Å². The van der Waals surface area contributed by atoms with E-state index in [1.54, 1.807) is 26.0 Å². The molecule has 0 saturated carbocycles. The second kappa shape index (κ2) is 7.56. The van der Waals surface area contributed by atoms with Crippen LogP contribution in [0.25, 0.3) is 0 Å². The summed E-state index contributed by atoms with van der Waals surface area (Å²) < 4.78 is 4.92. The van der Waals surface area contributed by atoms with Crippen molar-refractivity contribution in [3.63, 3.8) is 0 Å². The molecule has 1 N–H and O–H groups in total. The van der Waals surface area contributed by atoms with Crippen LogP contribution in [0, 0.1) is 5.92 Å². The third kappa shape index (κ3) is 5.75. The fourth-order valence-corrected chi connectivity index (χ4v) is 1.15. The molecular weight excluding hydrogens is 180 g/mol. The van der Waals surface area contributed by atoms with Gasteiger partial charge < -0.3 is 9.84 Å². The van der Waals surface area contributed by atoms with Gasteiger partial charge in [-0.15, -0.1) is 0 Å². The third-order valence-corrected chi connectivity index (χ3v) is 1.81. The molecule has 0 heterocycles.